The molecule has 0 N–H and O–H groups in total. The van der Waals surface area contributed by atoms with Crippen LogP contribution in [0.2, 0.25) is 0 Å². The summed E-state index contributed by atoms with van der Waals surface area (Å²) in [5, 5.41) is 2.47. The van der Waals surface area contributed by atoms with Crippen molar-refractivity contribution in [3.05, 3.63) is 210 Å². The summed E-state index contributed by atoms with van der Waals surface area (Å²) in [5.41, 5.74) is 12.4. The van der Waals surface area contributed by atoms with Gasteiger partial charge in [0.2, 0.25) is 0 Å². The molecular formula is C50H31N3S. The van der Waals surface area contributed by atoms with E-state index in [0.29, 0.717) is 17.5 Å². The number of hydrogen-bond acceptors (Lipinski definition) is 4. The van der Waals surface area contributed by atoms with Crippen molar-refractivity contribution in [1.29, 1.82) is 0 Å². The molecule has 1 aliphatic carbocycles. The summed E-state index contributed by atoms with van der Waals surface area (Å²) < 4.78 is 0. The first-order valence-corrected chi connectivity index (χ1v) is 19.1. The molecule has 1 spiro atoms. The predicted molar refractivity (Wildman–Crippen MR) is 221 cm³/mol. The molecule has 2 aliphatic rings. The SMILES string of the molecule is c1ccc(-c2nc(-c3ccc(-c4ccc5ccccc5c4)cc3)nc(-c3ccc4c(c3)C3(c5ccccc5Sc5ccccc53)c3ccccc3-4)n2)cc1. The van der Waals surface area contributed by atoms with Gasteiger partial charge in [0, 0.05) is 26.5 Å². The van der Waals surface area contributed by atoms with E-state index in [4.69, 9.17) is 15.0 Å². The number of hydrogen-bond donors (Lipinski definition) is 0. The summed E-state index contributed by atoms with van der Waals surface area (Å²) >= 11 is 1.86. The number of fused-ring (bicyclic) bond motifs is 10. The second-order valence-electron chi connectivity index (χ2n) is 14.0. The van der Waals surface area contributed by atoms with Gasteiger partial charge in [0.05, 0.1) is 5.41 Å². The Morgan fingerprint density at radius 1 is 0.315 bits per heavy atom. The van der Waals surface area contributed by atoms with Gasteiger partial charge in [-0.25, -0.2) is 15.0 Å². The summed E-state index contributed by atoms with van der Waals surface area (Å²) in [6, 6.07) is 67.4. The second-order valence-corrected chi connectivity index (χ2v) is 15.0. The van der Waals surface area contributed by atoms with Crippen LogP contribution in [-0.2, 0) is 5.41 Å². The molecule has 4 heteroatoms. The van der Waals surface area contributed by atoms with Crippen molar-refractivity contribution in [3.63, 3.8) is 0 Å². The molecule has 1 aliphatic heterocycles. The van der Waals surface area contributed by atoms with Gasteiger partial charge in [-0.05, 0) is 79.5 Å². The fraction of sp³-hybridized carbons (Fsp3) is 0.0200. The first kappa shape index (κ1) is 31.0. The molecule has 252 valence electrons. The van der Waals surface area contributed by atoms with E-state index in [1.165, 1.54) is 59.5 Å². The maximum absolute atomic E-state index is 5.21. The molecule has 0 fully saturated rings. The second kappa shape index (κ2) is 12.2. The smallest absolute Gasteiger partial charge is 0.164 e. The fourth-order valence-corrected chi connectivity index (χ4v) is 9.72. The Hall–Kier alpha value is -6.62. The standard InChI is InChI=1S/C50H31N3S/c1-2-13-34(14-3-1)47-51-48(35-25-22-33(23-26-35)37-27-24-32-12-4-5-15-36(32)30-37)53-49(52-47)38-28-29-40-39-16-6-7-17-41(39)50(44(40)31-38)42-18-8-10-20-45(42)54-46-21-11-9-19-43(46)50/h1-31H. The summed E-state index contributed by atoms with van der Waals surface area (Å²) in [4.78, 5) is 18.0. The molecule has 0 unspecified atom stereocenters. The van der Waals surface area contributed by atoms with Crippen LogP contribution < -0.4 is 0 Å². The third-order valence-corrected chi connectivity index (χ3v) is 12.2. The van der Waals surface area contributed by atoms with Crippen LogP contribution in [0.1, 0.15) is 22.3 Å². The Labute approximate surface area is 318 Å². The van der Waals surface area contributed by atoms with Gasteiger partial charge in [0.1, 0.15) is 0 Å². The number of benzene rings is 8. The van der Waals surface area contributed by atoms with E-state index >= 15 is 0 Å². The summed E-state index contributed by atoms with van der Waals surface area (Å²) in [6.07, 6.45) is 0. The first-order chi connectivity index (χ1) is 26.7. The Kier molecular flexibility index (Phi) is 7.01. The maximum atomic E-state index is 5.21. The lowest BCUT2D eigenvalue weighted by Crippen LogP contribution is -2.31. The van der Waals surface area contributed by atoms with Gasteiger partial charge in [-0.3, -0.25) is 0 Å². The van der Waals surface area contributed by atoms with E-state index in [2.05, 4.69) is 170 Å². The largest absolute Gasteiger partial charge is 0.208 e. The number of aromatic nitrogens is 3. The number of rotatable bonds is 4. The minimum Gasteiger partial charge on any atom is -0.208 e. The lowest BCUT2D eigenvalue weighted by Gasteiger charge is -2.39. The molecule has 0 radical (unpaired) electrons. The van der Waals surface area contributed by atoms with Crippen molar-refractivity contribution in [2.24, 2.45) is 0 Å². The average molecular weight is 706 g/mol. The van der Waals surface area contributed by atoms with Gasteiger partial charge < -0.3 is 0 Å². The highest BCUT2D eigenvalue weighted by Crippen LogP contribution is 2.62. The summed E-state index contributed by atoms with van der Waals surface area (Å²) in [7, 11) is 0. The van der Waals surface area contributed by atoms with Crippen LogP contribution in [0.4, 0.5) is 0 Å². The highest BCUT2D eigenvalue weighted by atomic mass is 32.2. The molecule has 0 saturated carbocycles. The van der Waals surface area contributed by atoms with Crippen molar-refractivity contribution in [1.82, 2.24) is 15.0 Å². The van der Waals surface area contributed by atoms with E-state index in [1.807, 2.05) is 30.0 Å². The van der Waals surface area contributed by atoms with Gasteiger partial charge in [-0.2, -0.15) is 0 Å². The van der Waals surface area contributed by atoms with Gasteiger partial charge in [-0.15, -0.1) is 0 Å². The Morgan fingerprint density at radius 3 is 1.54 bits per heavy atom. The quantitative estimate of drug-likeness (QED) is 0.183. The highest BCUT2D eigenvalue weighted by molar-refractivity contribution is 7.99. The molecule has 9 aromatic rings. The van der Waals surface area contributed by atoms with Crippen molar-refractivity contribution < 1.29 is 0 Å². The molecule has 3 nitrogen and oxygen atoms in total. The molecule has 11 rings (SSSR count). The molecule has 0 saturated heterocycles. The van der Waals surface area contributed by atoms with E-state index in [-0.39, 0.29) is 0 Å². The van der Waals surface area contributed by atoms with Gasteiger partial charge in [-0.1, -0.05) is 176 Å². The van der Waals surface area contributed by atoms with Crippen molar-refractivity contribution in [3.8, 4) is 56.4 Å². The van der Waals surface area contributed by atoms with Gasteiger partial charge >= 0.3 is 0 Å². The Bertz CT molecular complexity index is 2870. The van der Waals surface area contributed by atoms with Crippen LogP contribution in [0.3, 0.4) is 0 Å². The summed E-state index contributed by atoms with van der Waals surface area (Å²) in [6.45, 7) is 0. The van der Waals surface area contributed by atoms with Gasteiger partial charge in [0.15, 0.2) is 17.5 Å². The predicted octanol–water partition coefficient (Wildman–Crippen LogP) is 12.5. The molecule has 0 amide bonds. The van der Waals surface area contributed by atoms with Crippen LogP contribution in [0, 0.1) is 0 Å². The third-order valence-electron chi connectivity index (χ3n) is 11.0. The lowest BCUT2D eigenvalue weighted by molar-refractivity contribution is 0.722. The molecule has 0 atom stereocenters. The van der Waals surface area contributed by atoms with Crippen LogP contribution in [0.25, 0.3) is 67.2 Å². The fourth-order valence-electron chi connectivity index (χ4n) is 8.52. The minimum atomic E-state index is -0.475. The molecular weight excluding hydrogens is 675 g/mol. The average Bonchev–Trinajstić information content (AvgIpc) is 3.53. The summed E-state index contributed by atoms with van der Waals surface area (Å²) in [5.74, 6) is 1.95. The van der Waals surface area contributed by atoms with Gasteiger partial charge in [0.25, 0.3) is 0 Å². The Balaban J connectivity index is 1.09. The lowest BCUT2D eigenvalue weighted by atomic mass is 9.67. The van der Waals surface area contributed by atoms with Crippen molar-refractivity contribution in [2.45, 2.75) is 15.2 Å². The van der Waals surface area contributed by atoms with Crippen LogP contribution in [0.15, 0.2) is 198 Å². The van der Waals surface area contributed by atoms with Crippen molar-refractivity contribution >= 4 is 22.5 Å². The Morgan fingerprint density at radius 2 is 0.815 bits per heavy atom. The van der Waals surface area contributed by atoms with Crippen LogP contribution in [-0.4, -0.2) is 15.0 Å². The topological polar surface area (TPSA) is 38.7 Å². The maximum Gasteiger partial charge on any atom is 0.164 e. The van der Waals surface area contributed by atoms with E-state index in [9.17, 15) is 0 Å². The molecule has 1 aromatic heterocycles. The van der Waals surface area contributed by atoms with Crippen LogP contribution in [0.5, 0.6) is 0 Å². The zero-order valence-electron chi connectivity index (χ0n) is 29.1. The van der Waals surface area contributed by atoms with Crippen LogP contribution >= 0.6 is 11.8 Å². The third kappa shape index (κ3) is 4.74. The first-order valence-electron chi connectivity index (χ1n) is 18.3. The van der Waals surface area contributed by atoms with Crippen molar-refractivity contribution in [2.75, 3.05) is 0 Å². The monoisotopic (exact) mass is 705 g/mol. The molecule has 0 bridgehead atoms. The minimum absolute atomic E-state index is 0.475. The molecule has 8 aromatic carbocycles. The zero-order valence-corrected chi connectivity index (χ0v) is 30.0. The number of nitrogens with zero attached hydrogens (tertiary/aromatic N) is 3. The van der Waals surface area contributed by atoms with E-state index in [1.54, 1.807) is 0 Å². The molecule has 2 heterocycles. The molecule has 54 heavy (non-hydrogen) atoms. The zero-order chi connectivity index (χ0) is 35.6. The normalized spacial score (nSPS) is 13.3. The van der Waals surface area contributed by atoms with E-state index in [0.717, 1.165) is 22.3 Å². The highest BCUT2D eigenvalue weighted by Gasteiger charge is 2.50. The van der Waals surface area contributed by atoms with E-state index < -0.39 is 5.41 Å².